The van der Waals surface area contributed by atoms with Crippen molar-refractivity contribution in [3.05, 3.63) is 64.1 Å². The normalized spacial score (nSPS) is 10.2. The van der Waals surface area contributed by atoms with Crippen LogP contribution in [0.15, 0.2) is 53.0 Å². The predicted molar refractivity (Wildman–Crippen MR) is 84.0 cm³/mol. The first-order valence-corrected chi connectivity index (χ1v) is 7.04. The molecule has 2 rings (SSSR count). The Morgan fingerprint density at radius 1 is 1.15 bits per heavy atom. The zero-order valence-electron chi connectivity index (χ0n) is 11.5. The van der Waals surface area contributed by atoms with Crippen LogP contribution >= 0.6 is 15.9 Å². The molecule has 0 saturated heterocycles. The van der Waals surface area contributed by atoms with E-state index in [2.05, 4.69) is 28.1 Å². The Bertz CT molecular complexity index is 596. The molecule has 0 spiro atoms. The molecule has 0 aliphatic heterocycles. The second kappa shape index (κ2) is 6.57. The maximum absolute atomic E-state index is 11.8. The smallest absolute Gasteiger partial charge is 0.339 e. The van der Waals surface area contributed by atoms with Crippen LogP contribution in [0.2, 0.25) is 0 Å². The van der Waals surface area contributed by atoms with E-state index in [9.17, 15) is 4.79 Å². The van der Waals surface area contributed by atoms with Crippen molar-refractivity contribution in [2.45, 2.75) is 6.54 Å². The molecule has 0 aliphatic carbocycles. The highest BCUT2D eigenvalue weighted by atomic mass is 79.9. The highest BCUT2D eigenvalue weighted by Gasteiger charge is 2.14. The molecule has 2 aromatic carbocycles. The third-order valence-corrected chi connectivity index (χ3v) is 3.58. The van der Waals surface area contributed by atoms with Gasteiger partial charge in [0.15, 0.2) is 0 Å². The third-order valence-electron chi connectivity index (χ3n) is 3.05. The van der Waals surface area contributed by atoms with Crippen LogP contribution in [0.3, 0.4) is 0 Å². The van der Waals surface area contributed by atoms with E-state index >= 15 is 0 Å². The van der Waals surface area contributed by atoms with Crippen molar-refractivity contribution in [3.8, 4) is 0 Å². The molecule has 0 fully saturated rings. The molecule has 4 heteroatoms. The molecule has 0 aromatic heterocycles. The molecule has 20 heavy (non-hydrogen) atoms. The van der Waals surface area contributed by atoms with Crippen LogP contribution in [0.25, 0.3) is 0 Å². The van der Waals surface area contributed by atoms with Gasteiger partial charge >= 0.3 is 5.97 Å². The summed E-state index contributed by atoms with van der Waals surface area (Å²) < 4.78 is 5.88. The van der Waals surface area contributed by atoms with Crippen molar-refractivity contribution < 1.29 is 9.53 Å². The maximum atomic E-state index is 11.8. The lowest BCUT2D eigenvalue weighted by Crippen LogP contribution is -2.19. The fourth-order valence-corrected chi connectivity index (χ4v) is 2.30. The van der Waals surface area contributed by atoms with Gasteiger partial charge in [-0.25, -0.2) is 4.79 Å². The fraction of sp³-hybridized carbons (Fsp3) is 0.188. The van der Waals surface area contributed by atoms with E-state index in [0.717, 1.165) is 16.7 Å². The van der Waals surface area contributed by atoms with E-state index in [1.807, 2.05) is 42.3 Å². The van der Waals surface area contributed by atoms with Gasteiger partial charge in [0.2, 0.25) is 0 Å². The van der Waals surface area contributed by atoms with Crippen molar-refractivity contribution in [2.24, 2.45) is 0 Å². The summed E-state index contributed by atoms with van der Waals surface area (Å²) in [5, 5.41) is 0. The zero-order valence-corrected chi connectivity index (χ0v) is 13.1. The number of anilines is 1. The average molecular weight is 334 g/mol. The lowest BCUT2D eigenvalue weighted by Gasteiger charge is -2.21. The lowest BCUT2D eigenvalue weighted by molar-refractivity contribution is 0.0601. The molecule has 0 unspecified atom stereocenters. The van der Waals surface area contributed by atoms with E-state index in [4.69, 9.17) is 4.74 Å². The van der Waals surface area contributed by atoms with Gasteiger partial charge in [0.1, 0.15) is 0 Å². The van der Waals surface area contributed by atoms with Crippen molar-refractivity contribution >= 4 is 27.6 Å². The molecule has 0 atom stereocenters. The number of para-hydroxylation sites is 1. The summed E-state index contributed by atoms with van der Waals surface area (Å²) in [6.45, 7) is 0.723. The number of halogens is 1. The number of carbonyl (C=O) groups excluding carboxylic acids is 1. The first-order valence-electron chi connectivity index (χ1n) is 6.24. The second-order valence-electron chi connectivity index (χ2n) is 4.49. The van der Waals surface area contributed by atoms with Gasteiger partial charge < -0.3 is 9.64 Å². The van der Waals surface area contributed by atoms with Crippen molar-refractivity contribution in [1.29, 1.82) is 0 Å². The average Bonchev–Trinajstić information content (AvgIpc) is 2.48. The minimum Gasteiger partial charge on any atom is -0.465 e. The highest BCUT2D eigenvalue weighted by molar-refractivity contribution is 9.10. The molecule has 0 radical (unpaired) electrons. The Kier molecular flexibility index (Phi) is 4.79. The quantitative estimate of drug-likeness (QED) is 0.795. The number of hydrogen-bond acceptors (Lipinski definition) is 3. The summed E-state index contributed by atoms with van der Waals surface area (Å²) in [5.74, 6) is -0.316. The van der Waals surface area contributed by atoms with Gasteiger partial charge in [-0.15, -0.1) is 0 Å². The number of carbonyl (C=O) groups is 1. The molecule has 0 heterocycles. The number of esters is 1. The summed E-state index contributed by atoms with van der Waals surface area (Å²) in [7, 11) is 3.36. The second-order valence-corrected chi connectivity index (χ2v) is 5.41. The maximum Gasteiger partial charge on any atom is 0.339 e. The first kappa shape index (κ1) is 14.6. The van der Waals surface area contributed by atoms with Crippen LogP contribution in [0.5, 0.6) is 0 Å². The van der Waals surface area contributed by atoms with Crippen molar-refractivity contribution in [3.63, 3.8) is 0 Å². The number of ether oxygens (including phenoxy) is 1. The van der Waals surface area contributed by atoms with E-state index < -0.39 is 0 Å². The van der Waals surface area contributed by atoms with Gasteiger partial charge in [-0.3, -0.25) is 0 Å². The molecule has 0 amide bonds. The highest BCUT2D eigenvalue weighted by Crippen LogP contribution is 2.22. The van der Waals surface area contributed by atoms with Crippen LogP contribution in [0.1, 0.15) is 15.9 Å². The molecule has 0 aliphatic rings. The van der Waals surface area contributed by atoms with Gasteiger partial charge in [0.25, 0.3) is 0 Å². The van der Waals surface area contributed by atoms with Crippen molar-refractivity contribution in [1.82, 2.24) is 0 Å². The third kappa shape index (κ3) is 3.39. The van der Waals surface area contributed by atoms with Gasteiger partial charge in [0, 0.05) is 18.1 Å². The van der Waals surface area contributed by atoms with Crippen LogP contribution in [0.4, 0.5) is 5.69 Å². The number of methoxy groups -OCH3 is 1. The zero-order chi connectivity index (χ0) is 14.5. The van der Waals surface area contributed by atoms with Gasteiger partial charge in [-0.1, -0.05) is 40.2 Å². The molecular weight excluding hydrogens is 318 g/mol. The standard InChI is InChI=1S/C16H16BrNO2/c1-18(11-12-7-9-13(17)10-8-12)15-6-4-3-5-14(15)16(19)20-2/h3-10H,11H2,1-2H3. The Morgan fingerprint density at radius 2 is 1.80 bits per heavy atom. The van der Waals surface area contributed by atoms with E-state index in [1.165, 1.54) is 12.7 Å². The first-order chi connectivity index (χ1) is 9.61. The summed E-state index contributed by atoms with van der Waals surface area (Å²) in [6, 6.07) is 15.6. The van der Waals surface area contributed by atoms with E-state index in [0.29, 0.717) is 5.56 Å². The molecule has 0 bridgehead atoms. The summed E-state index contributed by atoms with van der Waals surface area (Å²) in [5.41, 5.74) is 2.62. The fourth-order valence-electron chi connectivity index (χ4n) is 2.04. The molecular formula is C16H16BrNO2. The predicted octanol–water partition coefficient (Wildman–Crippen LogP) is 3.87. The molecule has 0 saturated carbocycles. The number of nitrogens with zero attached hydrogens (tertiary/aromatic N) is 1. The summed E-state index contributed by atoms with van der Waals surface area (Å²) >= 11 is 3.42. The number of rotatable bonds is 4. The molecule has 2 aromatic rings. The van der Waals surface area contributed by atoms with Crippen LogP contribution in [-0.4, -0.2) is 20.1 Å². The Labute approximate surface area is 127 Å². The summed E-state index contributed by atoms with van der Waals surface area (Å²) in [4.78, 5) is 13.8. The Hall–Kier alpha value is -1.81. The van der Waals surface area contributed by atoms with Gasteiger partial charge in [0.05, 0.1) is 18.4 Å². The lowest BCUT2D eigenvalue weighted by atomic mass is 10.1. The van der Waals surface area contributed by atoms with Crippen LogP contribution in [-0.2, 0) is 11.3 Å². The minimum absolute atomic E-state index is 0.316. The SMILES string of the molecule is COC(=O)c1ccccc1N(C)Cc1ccc(Br)cc1. The minimum atomic E-state index is -0.316. The Balaban J connectivity index is 2.23. The molecule has 0 N–H and O–H groups in total. The monoisotopic (exact) mass is 333 g/mol. The van der Waals surface area contributed by atoms with Gasteiger partial charge in [-0.2, -0.15) is 0 Å². The number of hydrogen-bond donors (Lipinski definition) is 0. The van der Waals surface area contributed by atoms with Crippen LogP contribution < -0.4 is 4.90 Å². The van der Waals surface area contributed by atoms with Gasteiger partial charge in [-0.05, 0) is 29.8 Å². The van der Waals surface area contributed by atoms with E-state index in [1.54, 1.807) is 6.07 Å². The summed E-state index contributed by atoms with van der Waals surface area (Å²) in [6.07, 6.45) is 0. The van der Waals surface area contributed by atoms with Crippen LogP contribution in [0, 0.1) is 0 Å². The van der Waals surface area contributed by atoms with Crippen molar-refractivity contribution in [2.75, 3.05) is 19.1 Å². The number of benzene rings is 2. The largest absolute Gasteiger partial charge is 0.465 e. The Morgan fingerprint density at radius 3 is 2.45 bits per heavy atom. The topological polar surface area (TPSA) is 29.5 Å². The van der Waals surface area contributed by atoms with E-state index in [-0.39, 0.29) is 5.97 Å². The molecule has 3 nitrogen and oxygen atoms in total. The molecule has 104 valence electrons.